The molecular weight excluding hydrogens is 292 g/mol. The van der Waals surface area contributed by atoms with Crippen LogP contribution in [0.15, 0.2) is 57.9 Å². The Labute approximate surface area is 115 Å². The fraction of sp³-hybridized carbons (Fsp3) is 0.214. The standard InChI is InChI=1S/C14H15BrN2O/c15-13-6-2-1-5-12(13)11-16-8-10-17-9-4-3-7-14(17)18/h1-7,9,16H,8,10-11H2. The van der Waals surface area contributed by atoms with Gasteiger partial charge >= 0.3 is 0 Å². The van der Waals surface area contributed by atoms with E-state index in [-0.39, 0.29) is 5.56 Å². The SMILES string of the molecule is O=c1ccccn1CCNCc1ccccc1Br. The van der Waals surface area contributed by atoms with Crippen molar-refractivity contribution in [1.29, 1.82) is 0 Å². The minimum absolute atomic E-state index is 0.0418. The molecule has 0 aliphatic rings. The average Bonchev–Trinajstić information content (AvgIpc) is 2.38. The monoisotopic (exact) mass is 306 g/mol. The third-order valence-electron chi connectivity index (χ3n) is 2.70. The lowest BCUT2D eigenvalue weighted by Crippen LogP contribution is -2.25. The molecule has 1 heterocycles. The molecule has 2 rings (SSSR count). The summed E-state index contributed by atoms with van der Waals surface area (Å²) in [5.74, 6) is 0. The fourth-order valence-corrected chi connectivity index (χ4v) is 2.13. The van der Waals surface area contributed by atoms with Crippen LogP contribution in [0.5, 0.6) is 0 Å². The van der Waals surface area contributed by atoms with Gasteiger partial charge < -0.3 is 9.88 Å². The number of hydrogen-bond acceptors (Lipinski definition) is 2. The lowest BCUT2D eigenvalue weighted by molar-refractivity contribution is 0.584. The Hall–Kier alpha value is -1.39. The van der Waals surface area contributed by atoms with E-state index in [0.717, 1.165) is 17.6 Å². The van der Waals surface area contributed by atoms with Crippen LogP contribution in [-0.4, -0.2) is 11.1 Å². The summed E-state index contributed by atoms with van der Waals surface area (Å²) in [5.41, 5.74) is 1.26. The number of aromatic nitrogens is 1. The maximum Gasteiger partial charge on any atom is 0.250 e. The van der Waals surface area contributed by atoms with Crippen LogP contribution in [0.3, 0.4) is 0 Å². The Kier molecular flexibility index (Phi) is 4.73. The second-order valence-corrected chi connectivity index (χ2v) is 4.85. The summed E-state index contributed by atoms with van der Waals surface area (Å²) < 4.78 is 2.81. The van der Waals surface area contributed by atoms with Crippen molar-refractivity contribution in [2.75, 3.05) is 6.54 Å². The fourth-order valence-electron chi connectivity index (χ4n) is 1.71. The minimum Gasteiger partial charge on any atom is -0.314 e. The normalized spacial score (nSPS) is 10.5. The average molecular weight is 307 g/mol. The number of halogens is 1. The van der Waals surface area contributed by atoms with Crippen LogP contribution < -0.4 is 10.9 Å². The smallest absolute Gasteiger partial charge is 0.250 e. The molecule has 0 unspecified atom stereocenters. The van der Waals surface area contributed by atoms with Gasteiger partial charge in [0.05, 0.1) is 0 Å². The van der Waals surface area contributed by atoms with Crippen molar-refractivity contribution in [3.05, 3.63) is 69.1 Å². The van der Waals surface area contributed by atoms with E-state index in [0.29, 0.717) is 6.54 Å². The van der Waals surface area contributed by atoms with E-state index < -0.39 is 0 Å². The quantitative estimate of drug-likeness (QED) is 0.861. The Morgan fingerprint density at radius 2 is 1.89 bits per heavy atom. The van der Waals surface area contributed by atoms with E-state index in [4.69, 9.17) is 0 Å². The number of benzene rings is 1. The molecule has 4 heteroatoms. The van der Waals surface area contributed by atoms with Gasteiger partial charge in [0.2, 0.25) is 0 Å². The first kappa shape index (κ1) is 13.1. The second-order valence-electron chi connectivity index (χ2n) is 4.00. The van der Waals surface area contributed by atoms with Gasteiger partial charge in [-0.3, -0.25) is 4.79 Å². The Balaban J connectivity index is 1.82. The molecule has 0 bridgehead atoms. The molecule has 2 aromatic rings. The highest BCUT2D eigenvalue weighted by Gasteiger charge is 1.98. The summed E-state index contributed by atoms with van der Waals surface area (Å²) in [6.45, 7) is 2.25. The molecule has 0 saturated carbocycles. The molecule has 0 saturated heterocycles. The lowest BCUT2D eigenvalue weighted by atomic mass is 10.2. The summed E-state index contributed by atoms with van der Waals surface area (Å²) in [6.07, 6.45) is 1.81. The van der Waals surface area contributed by atoms with Gasteiger partial charge in [-0.15, -0.1) is 0 Å². The van der Waals surface area contributed by atoms with Gasteiger partial charge in [-0.25, -0.2) is 0 Å². The summed E-state index contributed by atoms with van der Waals surface area (Å²) in [4.78, 5) is 11.5. The Morgan fingerprint density at radius 3 is 2.67 bits per heavy atom. The molecular formula is C14H15BrN2O. The number of pyridine rings is 1. The summed E-state index contributed by atoms with van der Waals surface area (Å²) >= 11 is 3.51. The van der Waals surface area contributed by atoms with Gasteiger partial charge in [0.1, 0.15) is 0 Å². The van der Waals surface area contributed by atoms with E-state index in [1.807, 2.05) is 30.5 Å². The first-order chi connectivity index (χ1) is 8.77. The number of hydrogen-bond donors (Lipinski definition) is 1. The maximum atomic E-state index is 11.5. The van der Waals surface area contributed by atoms with Crippen molar-refractivity contribution < 1.29 is 0 Å². The van der Waals surface area contributed by atoms with Crippen LogP contribution in [0, 0.1) is 0 Å². The van der Waals surface area contributed by atoms with E-state index in [2.05, 4.69) is 27.3 Å². The third-order valence-corrected chi connectivity index (χ3v) is 3.48. The molecule has 0 spiro atoms. The Bertz CT molecular complexity index is 565. The maximum absolute atomic E-state index is 11.5. The largest absolute Gasteiger partial charge is 0.314 e. The summed E-state index contributed by atoms with van der Waals surface area (Å²) in [7, 11) is 0. The molecule has 1 N–H and O–H groups in total. The van der Waals surface area contributed by atoms with Crippen LogP contribution in [0.1, 0.15) is 5.56 Å². The van der Waals surface area contributed by atoms with Gasteiger partial charge in [0, 0.05) is 36.4 Å². The molecule has 94 valence electrons. The van der Waals surface area contributed by atoms with Gasteiger partial charge in [0.25, 0.3) is 5.56 Å². The van der Waals surface area contributed by atoms with E-state index in [1.165, 1.54) is 5.56 Å². The summed E-state index contributed by atoms with van der Waals surface area (Å²) in [5, 5.41) is 3.33. The van der Waals surface area contributed by atoms with Crippen LogP contribution in [0.2, 0.25) is 0 Å². The molecule has 0 amide bonds. The van der Waals surface area contributed by atoms with Gasteiger partial charge in [-0.1, -0.05) is 40.2 Å². The number of rotatable bonds is 5. The van der Waals surface area contributed by atoms with Crippen molar-refractivity contribution in [2.45, 2.75) is 13.1 Å². The van der Waals surface area contributed by atoms with Crippen molar-refractivity contribution in [3.63, 3.8) is 0 Å². The predicted molar refractivity (Wildman–Crippen MR) is 76.6 cm³/mol. The summed E-state index contributed by atoms with van der Waals surface area (Å²) in [6, 6.07) is 13.3. The third kappa shape index (κ3) is 3.55. The highest BCUT2D eigenvalue weighted by molar-refractivity contribution is 9.10. The molecule has 0 fully saturated rings. The van der Waals surface area contributed by atoms with Gasteiger partial charge in [-0.2, -0.15) is 0 Å². The molecule has 1 aromatic heterocycles. The Morgan fingerprint density at radius 1 is 1.11 bits per heavy atom. The zero-order chi connectivity index (χ0) is 12.8. The zero-order valence-electron chi connectivity index (χ0n) is 9.97. The topological polar surface area (TPSA) is 34.0 Å². The second kappa shape index (κ2) is 6.52. The molecule has 1 aromatic carbocycles. The van der Waals surface area contributed by atoms with Crippen molar-refractivity contribution >= 4 is 15.9 Å². The van der Waals surface area contributed by atoms with Crippen molar-refractivity contribution in [3.8, 4) is 0 Å². The van der Waals surface area contributed by atoms with Crippen LogP contribution in [-0.2, 0) is 13.1 Å². The molecule has 0 radical (unpaired) electrons. The van der Waals surface area contributed by atoms with Gasteiger partial charge in [-0.05, 0) is 17.7 Å². The zero-order valence-corrected chi connectivity index (χ0v) is 11.6. The molecule has 0 aliphatic carbocycles. The first-order valence-electron chi connectivity index (χ1n) is 5.87. The molecule has 0 atom stereocenters. The first-order valence-corrected chi connectivity index (χ1v) is 6.66. The molecule has 18 heavy (non-hydrogen) atoms. The lowest BCUT2D eigenvalue weighted by Gasteiger charge is -2.08. The van der Waals surface area contributed by atoms with E-state index in [1.54, 1.807) is 16.7 Å². The van der Waals surface area contributed by atoms with Crippen LogP contribution >= 0.6 is 15.9 Å². The molecule has 3 nitrogen and oxygen atoms in total. The molecule has 0 aliphatic heterocycles. The number of nitrogens with zero attached hydrogens (tertiary/aromatic N) is 1. The van der Waals surface area contributed by atoms with Crippen LogP contribution in [0.4, 0.5) is 0 Å². The van der Waals surface area contributed by atoms with Crippen molar-refractivity contribution in [1.82, 2.24) is 9.88 Å². The van der Waals surface area contributed by atoms with E-state index in [9.17, 15) is 4.79 Å². The van der Waals surface area contributed by atoms with Crippen LogP contribution in [0.25, 0.3) is 0 Å². The highest BCUT2D eigenvalue weighted by atomic mass is 79.9. The predicted octanol–water partition coefficient (Wildman–Crippen LogP) is 2.40. The minimum atomic E-state index is 0.0418. The number of nitrogens with one attached hydrogen (secondary N) is 1. The van der Waals surface area contributed by atoms with E-state index >= 15 is 0 Å². The van der Waals surface area contributed by atoms with Crippen molar-refractivity contribution in [2.24, 2.45) is 0 Å². The highest BCUT2D eigenvalue weighted by Crippen LogP contribution is 2.14. The van der Waals surface area contributed by atoms with Gasteiger partial charge in [0.15, 0.2) is 0 Å².